The number of hydrogen-bond donors (Lipinski definition) is 2. The molecule has 1 amide bonds. The zero-order valence-corrected chi connectivity index (χ0v) is 9.66. The zero-order chi connectivity index (χ0) is 11.3. The number of nitrogens with two attached hydrogens (primary N) is 1. The van der Waals surface area contributed by atoms with Crippen LogP contribution in [0.2, 0.25) is 0 Å². The first kappa shape index (κ1) is 12.5. The number of hydrogen-bond acceptors (Lipinski definition) is 3. The molecule has 1 saturated carbocycles. The number of nitrogens with one attached hydrogen (secondary N) is 1. The topological polar surface area (TPSA) is 64.3 Å². The molecule has 3 unspecified atom stereocenters. The van der Waals surface area contributed by atoms with E-state index in [1.807, 2.05) is 0 Å². The van der Waals surface area contributed by atoms with Crippen LogP contribution in [0.15, 0.2) is 0 Å². The molecule has 0 radical (unpaired) electrons. The first-order valence-corrected chi connectivity index (χ1v) is 5.69. The van der Waals surface area contributed by atoms with E-state index in [1.54, 1.807) is 14.0 Å². The lowest BCUT2D eigenvalue weighted by Gasteiger charge is -2.19. The highest BCUT2D eigenvalue weighted by molar-refractivity contribution is 5.80. The smallest absolute Gasteiger partial charge is 0.248 e. The standard InChI is InChI=1S/C11H22N2O2/c1-8(15-2)11(14)13-7-10-5-3-4-9(10)6-12/h8-10H,3-7,12H2,1-2H3,(H,13,14). The lowest BCUT2D eigenvalue weighted by atomic mass is 9.96. The Morgan fingerprint density at radius 3 is 2.80 bits per heavy atom. The third kappa shape index (κ3) is 3.47. The van der Waals surface area contributed by atoms with Crippen LogP contribution in [0.25, 0.3) is 0 Å². The fourth-order valence-corrected chi connectivity index (χ4v) is 2.18. The maximum Gasteiger partial charge on any atom is 0.248 e. The summed E-state index contributed by atoms with van der Waals surface area (Å²) in [6.07, 6.45) is 3.27. The summed E-state index contributed by atoms with van der Waals surface area (Å²) in [4.78, 5) is 11.5. The van der Waals surface area contributed by atoms with E-state index in [0.29, 0.717) is 11.8 Å². The summed E-state index contributed by atoms with van der Waals surface area (Å²) >= 11 is 0. The molecule has 0 heterocycles. The third-order valence-electron chi connectivity index (χ3n) is 3.38. The maximum absolute atomic E-state index is 11.5. The largest absolute Gasteiger partial charge is 0.372 e. The minimum atomic E-state index is -0.359. The van der Waals surface area contributed by atoms with Crippen LogP contribution in [0, 0.1) is 11.8 Å². The minimum absolute atomic E-state index is 0.0276. The lowest BCUT2D eigenvalue weighted by Crippen LogP contribution is -2.38. The number of rotatable bonds is 5. The van der Waals surface area contributed by atoms with Gasteiger partial charge in [-0.05, 0) is 38.1 Å². The molecule has 4 heteroatoms. The normalized spacial score (nSPS) is 27.7. The second-order valence-electron chi connectivity index (χ2n) is 4.31. The number of ether oxygens (including phenoxy) is 1. The molecule has 3 atom stereocenters. The highest BCUT2D eigenvalue weighted by Gasteiger charge is 2.26. The molecule has 0 aromatic rings. The van der Waals surface area contributed by atoms with Gasteiger partial charge in [0.1, 0.15) is 6.10 Å². The molecule has 0 saturated heterocycles. The van der Waals surface area contributed by atoms with Crippen LogP contribution in [-0.4, -0.2) is 32.2 Å². The molecule has 15 heavy (non-hydrogen) atoms. The minimum Gasteiger partial charge on any atom is -0.372 e. The molecule has 0 aromatic carbocycles. The van der Waals surface area contributed by atoms with Gasteiger partial charge in [-0.1, -0.05) is 6.42 Å². The van der Waals surface area contributed by atoms with E-state index >= 15 is 0 Å². The SMILES string of the molecule is COC(C)C(=O)NCC1CCCC1CN. The first-order chi connectivity index (χ1) is 7.19. The second kappa shape index (κ2) is 6.08. The second-order valence-corrected chi connectivity index (χ2v) is 4.31. The molecule has 0 bridgehead atoms. The molecule has 0 aliphatic heterocycles. The van der Waals surface area contributed by atoms with Gasteiger partial charge in [0.05, 0.1) is 0 Å². The number of amides is 1. The van der Waals surface area contributed by atoms with E-state index in [9.17, 15) is 4.79 Å². The van der Waals surface area contributed by atoms with Crippen molar-refractivity contribution < 1.29 is 9.53 Å². The van der Waals surface area contributed by atoms with Gasteiger partial charge in [-0.3, -0.25) is 4.79 Å². The molecular formula is C11H22N2O2. The van der Waals surface area contributed by atoms with Gasteiger partial charge in [0, 0.05) is 13.7 Å². The number of carbonyl (C=O) groups is 1. The highest BCUT2D eigenvalue weighted by Crippen LogP contribution is 2.30. The molecule has 1 aliphatic rings. The van der Waals surface area contributed by atoms with E-state index in [4.69, 9.17) is 10.5 Å². The molecular weight excluding hydrogens is 192 g/mol. The van der Waals surface area contributed by atoms with E-state index in [2.05, 4.69) is 5.32 Å². The van der Waals surface area contributed by atoms with Gasteiger partial charge in [-0.15, -0.1) is 0 Å². The van der Waals surface area contributed by atoms with Crippen LogP contribution in [0.1, 0.15) is 26.2 Å². The Morgan fingerprint density at radius 2 is 2.20 bits per heavy atom. The van der Waals surface area contributed by atoms with Gasteiger partial charge in [0.2, 0.25) is 5.91 Å². The van der Waals surface area contributed by atoms with Crippen LogP contribution >= 0.6 is 0 Å². The molecule has 88 valence electrons. The van der Waals surface area contributed by atoms with E-state index in [0.717, 1.165) is 13.1 Å². The van der Waals surface area contributed by atoms with Crippen molar-refractivity contribution in [1.82, 2.24) is 5.32 Å². The zero-order valence-electron chi connectivity index (χ0n) is 9.66. The van der Waals surface area contributed by atoms with Gasteiger partial charge < -0.3 is 15.8 Å². The third-order valence-corrected chi connectivity index (χ3v) is 3.38. The summed E-state index contributed by atoms with van der Waals surface area (Å²) in [6.45, 7) is 3.24. The van der Waals surface area contributed by atoms with E-state index < -0.39 is 0 Å². The van der Waals surface area contributed by atoms with Crippen molar-refractivity contribution in [3.05, 3.63) is 0 Å². The lowest BCUT2D eigenvalue weighted by molar-refractivity contribution is -0.130. The summed E-state index contributed by atoms with van der Waals surface area (Å²) in [5, 5.41) is 2.92. The van der Waals surface area contributed by atoms with Gasteiger partial charge in [-0.25, -0.2) is 0 Å². The molecule has 0 spiro atoms. The van der Waals surface area contributed by atoms with Gasteiger partial charge in [-0.2, -0.15) is 0 Å². The van der Waals surface area contributed by atoms with Crippen LogP contribution in [0.3, 0.4) is 0 Å². The first-order valence-electron chi connectivity index (χ1n) is 5.69. The van der Waals surface area contributed by atoms with Crippen LogP contribution in [0.5, 0.6) is 0 Å². The summed E-state index contributed by atoms with van der Waals surface area (Å²) in [6, 6.07) is 0. The quantitative estimate of drug-likeness (QED) is 0.701. The van der Waals surface area contributed by atoms with E-state index in [1.165, 1.54) is 19.3 Å². The van der Waals surface area contributed by atoms with Crippen molar-refractivity contribution in [3.63, 3.8) is 0 Å². The number of methoxy groups -OCH3 is 1. The fourth-order valence-electron chi connectivity index (χ4n) is 2.18. The molecule has 1 aliphatic carbocycles. The van der Waals surface area contributed by atoms with Gasteiger partial charge in [0.15, 0.2) is 0 Å². The molecule has 1 rings (SSSR count). The average Bonchev–Trinajstić information content (AvgIpc) is 2.71. The van der Waals surface area contributed by atoms with Crippen molar-refractivity contribution in [2.75, 3.05) is 20.2 Å². The summed E-state index contributed by atoms with van der Waals surface area (Å²) in [7, 11) is 1.54. The van der Waals surface area contributed by atoms with E-state index in [-0.39, 0.29) is 12.0 Å². The summed E-state index contributed by atoms with van der Waals surface area (Å²) < 4.78 is 4.94. The van der Waals surface area contributed by atoms with Crippen LogP contribution in [0.4, 0.5) is 0 Å². The molecule has 1 fully saturated rings. The van der Waals surface area contributed by atoms with Crippen LogP contribution in [-0.2, 0) is 9.53 Å². The predicted octanol–water partition coefficient (Wildman–Crippen LogP) is 0.513. The Labute approximate surface area is 91.5 Å². The van der Waals surface area contributed by atoms with Gasteiger partial charge in [0.25, 0.3) is 0 Å². The van der Waals surface area contributed by atoms with Crippen LogP contribution < -0.4 is 11.1 Å². The summed E-state index contributed by atoms with van der Waals surface area (Å²) in [5.74, 6) is 1.12. The van der Waals surface area contributed by atoms with Crippen molar-refractivity contribution in [1.29, 1.82) is 0 Å². The Bertz CT molecular complexity index is 209. The Kier molecular flexibility index (Phi) is 5.05. The monoisotopic (exact) mass is 214 g/mol. The van der Waals surface area contributed by atoms with Crippen molar-refractivity contribution in [2.24, 2.45) is 17.6 Å². The maximum atomic E-state index is 11.5. The van der Waals surface area contributed by atoms with Crippen molar-refractivity contribution in [3.8, 4) is 0 Å². The number of carbonyl (C=O) groups excluding carboxylic acids is 1. The van der Waals surface area contributed by atoms with Crippen molar-refractivity contribution in [2.45, 2.75) is 32.3 Å². The highest BCUT2D eigenvalue weighted by atomic mass is 16.5. The Hall–Kier alpha value is -0.610. The Morgan fingerprint density at radius 1 is 1.53 bits per heavy atom. The van der Waals surface area contributed by atoms with Crippen molar-refractivity contribution >= 4 is 5.91 Å². The predicted molar refractivity (Wildman–Crippen MR) is 59.4 cm³/mol. The fraction of sp³-hybridized carbons (Fsp3) is 0.909. The molecule has 4 nitrogen and oxygen atoms in total. The van der Waals surface area contributed by atoms with Gasteiger partial charge >= 0.3 is 0 Å². The Balaban J connectivity index is 2.27. The molecule has 0 aromatic heterocycles. The molecule has 3 N–H and O–H groups in total. The average molecular weight is 214 g/mol. The summed E-state index contributed by atoms with van der Waals surface area (Å²) in [5.41, 5.74) is 5.68.